The number of aromatic nitrogens is 2. The maximum absolute atomic E-state index is 5.64. The highest BCUT2D eigenvalue weighted by Gasteiger charge is 2.05. The van der Waals surface area contributed by atoms with Crippen molar-refractivity contribution in [2.24, 2.45) is 12.0 Å². The first-order valence-corrected chi connectivity index (χ1v) is 9.45. The van der Waals surface area contributed by atoms with Gasteiger partial charge in [0.15, 0.2) is 17.5 Å². The van der Waals surface area contributed by atoms with E-state index in [1.54, 1.807) is 11.8 Å². The number of nitrogens with one attached hydrogen (secondary N) is 2. The summed E-state index contributed by atoms with van der Waals surface area (Å²) in [7, 11) is 3.57. The quantitative estimate of drug-likeness (QED) is 0.380. The maximum Gasteiger partial charge on any atom is 0.191 e. The van der Waals surface area contributed by atoms with Gasteiger partial charge >= 0.3 is 0 Å². The molecule has 2 rings (SSSR count). The lowest BCUT2D eigenvalue weighted by Crippen LogP contribution is -2.37. The van der Waals surface area contributed by atoms with Gasteiger partial charge in [-0.25, -0.2) is 4.99 Å². The smallest absolute Gasteiger partial charge is 0.191 e. The first-order valence-electron chi connectivity index (χ1n) is 9.45. The lowest BCUT2D eigenvalue weighted by molar-refractivity contribution is 0.310. The molecule has 0 bridgehead atoms. The second kappa shape index (κ2) is 11.1. The predicted molar refractivity (Wildman–Crippen MR) is 109 cm³/mol. The number of nitrogens with zero attached hydrogens (tertiary/aromatic N) is 3. The van der Waals surface area contributed by atoms with E-state index >= 15 is 0 Å². The number of guanidine groups is 1. The Kier molecular flexibility index (Phi) is 8.48. The Morgan fingerprint density at radius 3 is 2.70 bits per heavy atom. The fourth-order valence-corrected chi connectivity index (χ4v) is 2.71. The van der Waals surface area contributed by atoms with E-state index in [1.807, 2.05) is 32.4 Å². The molecule has 1 aromatic carbocycles. The highest BCUT2D eigenvalue weighted by Crippen LogP contribution is 2.28. The zero-order valence-electron chi connectivity index (χ0n) is 16.8. The molecular weight excluding hydrogens is 342 g/mol. The molecule has 148 valence electrons. The Morgan fingerprint density at radius 1 is 1.19 bits per heavy atom. The third-order valence-electron chi connectivity index (χ3n) is 3.98. The summed E-state index contributed by atoms with van der Waals surface area (Å²) in [6.07, 6.45) is 5.77. The number of hydrogen-bond donors (Lipinski definition) is 2. The van der Waals surface area contributed by atoms with Crippen molar-refractivity contribution in [2.75, 3.05) is 26.8 Å². The van der Waals surface area contributed by atoms with Crippen molar-refractivity contribution in [3.63, 3.8) is 0 Å². The van der Waals surface area contributed by atoms with E-state index < -0.39 is 0 Å². The number of methoxy groups -OCH3 is 1. The van der Waals surface area contributed by atoms with E-state index in [0.29, 0.717) is 13.2 Å². The van der Waals surface area contributed by atoms with Crippen LogP contribution < -0.4 is 20.1 Å². The van der Waals surface area contributed by atoms with E-state index in [1.165, 1.54) is 5.56 Å². The molecule has 0 amide bonds. The summed E-state index contributed by atoms with van der Waals surface area (Å²) in [4.78, 5) is 4.61. The van der Waals surface area contributed by atoms with Crippen molar-refractivity contribution in [3.05, 3.63) is 41.7 Å². The summed E-state index contributed by atoms with van der Waals surface area (Å²) >= 11 is 0. The molecule has 1 heterocycles. The van der Waals surface area contributed by atoms with Crippen molar-refractivity contribution in [2.45, 2.75) is 33.2 Å². The predicted octanol–water partition coefficient (Wildman–Crippen LogP) is 2.52. The minimum Gasteiger partial charge on any atom is -0.493 e. The Bertz CT molecular complexity index is 727. The highest BCUT2D eigenvalue weighted by molar-refractivity contribution is 5.79. The molecule has 0 aliphatic heterocycles. The van der Waals surface area contributed by atoms with Crippen molar-refractivity contribution in [3.8, 4) is 11.5 Å². The molecule has 0 saturated carbocycles. The Labute approximate surface area is 161 Å². The van der Waals surface area contributed by atoms with Crippen molar-refractivity contribution < 1.29 is 9.47 Å². The molecule has 0 aliphatic rings. The molecule has 2 aromatic rings. The number of rotatable bonds is 10. The van der Waals surface area contributed by atoms with Crippen LogP contribution in [0.15, 0.2) is 35.6 Å². The van der Waals surface area contributed by atoms with Crippen molar-refractivity contribution in [1.82, 2.24) is 20.4 Å². The van der Waals surface area contributed by atoms with Crippen LogP contribution in [0.25, 0.3) is 0 Å². The molecule has 7 heteroatoms. The topological polar surface area (TPSA) is 72.7 Å². The average molecular weight is 374 g/mol. The molecule has 0 spiro atoms. The largest absolute Gasteiger partial charge is 0.493 e. The highest BCUT2D eigenvalue weighted by atomic mass is 16.5. The number of benzene rings is 1. The summed E-state index contributed by atoms with van der Waals surface area (Å²) in [5, 5.41) is 10.8. The van der Waals surface area contributed by atoms with Gasteiger partial charge in [0.2, 0.25) is 0 Å². The summed E-state index contributed by atoms with van der Waals surface area (Å²) in [5.74, 6) is 2.40. The van der Waals surface area contributed by atoms with Gasteiger partial charge in [-0.05, 0) is 44.4 Å². The van der Waals surface area contributed by atoms with Crippen molar-refractivity contribution in [1.29, 1.82) is 0 Å². The van der Waals surface area contributed by atoms with Gasteiger partial charge < -0.3 is 20.1 Å². The van der Waals surface area contributed by atoms with E-state index in [0.717, 1.165) is 49.0 Å². The molecule has 7 nitrogen and oxygen atoms in total. The van der Waals surface area contributed by atoms with Crippen LogP contribution in [0.4, 0.5) is 0 Å². The Morgan fingerprint density at radius 2 is 2.04 bits per heavy atom. The first kappa shape index (κ1) is 20.6. The van der Waals surface area contributed by atoms with Crippen LogP contribution in [0.2, 0.25) is 0 Å². The van der Waals surface area contributed by atoms with E-state index in [9.17, 15) is 0 Å². The Balaban J connectivity index is 1.83. The lowest BCUT2D eigenvalue weighted by atomic mass is 10.1. The molecule has 0 radical (unpaired) electrons. The van der Waals surface area contributed by atoms with Crippen LogP contribution in [-0.2, 0) is 20.0 Å². The summed E-state index contributed by atoms with van der Waals surface area (Å²) in [6.45, 7) is 6.95. The van der Waals surface area contributed by atoms with E-state index in [-0.39, 0.29) is 0 Å². The zero-order valence-corrected chi connectivity index (χ0v) is 16.8. The minimum absolute atomic E-state index is 0.610. The number of aryl methyl sites for hydroxylation is 2. The standard InChI is InChI=1S/C20H31N5O2/c1-5-21-20(23-13-17-14-24-25(3)15-17)22-11-7-8-16-9-10-18(26-4)19(12-16)27-6-2/h9-10,12,14-15H,5-8,11,13H2,1-4H3,(H2,21,22,23). The second-order valence-electron chi connectivity index (χ2n) is 6.17. The molecule has 0 unspecified atom stereocenters. The summed E-state index contributed by atoms with van der Waals surface area (Å²) < 4.78 is 12.8. The van der Waals surface area contributed by atoms with Gasteiger partial charge in [0.1, 0.15) is 0 Å². The van der Waals surface area contributed by atoms with E-state index in [4.69, 9.17) is 9.47 Å². The van der Waals surface area contributed by atoms with Gasteiger partial charge in [0, 0.05) is 31.9 Å². The number of hydrogen-bond acceptors (Lipinski definition) is 4. The lowest BCUT2D eigenvalue weighted by Gasteiger charge is -2.12. The third-order valence-corrected chi connectivity index (χ3v) is 3.98. The van der Waals surface area contributed by atoms with Crippen LogP contribution in [0.1, 0.15) is 31.4 Å². The van der Waals surface area contributed by atoms with Crippen LogP contribution >= 0.6 is 0 Å². The second-order valence-corrected chi connectivity index (χ2v) is 6.17. The van der Waals surface area contributed by atoms with Crippen LogP contribution in [-0.4, -0.2) is 42.5 Å². The van der Waals surface area contributed by atoms with Gasteiger partial charge in [-0.2, -0.15) is 5.10 Å². The van der Waals surface area contributed by atoms with E-state index in [2.05, 4.69) is 39.8 Å². The summed E-state index contributed by atoms with van der Waals surface area (Å²) in [6, 6.07) is 6.11. The SMILES string of the molecule is CCNC(=NCc1cnn(C)c1)NCCCc1ccc(OC)c(OCC)c1. The number of ether oxygens (including phenoxy) is 2. The molecule has 1 aromatic heterocycles. The molecule has 2 N–H and O–H groups in total. The first-order chi connectivity index (χ1) is 13.2. The van der Waals surface area contributed by atoms with Crippen LogP contribution in [0.5, 0.6) is 11.5 Å². The normalized spacial score (nSPS) is 11.3. The Hall–Kier alpha value is -2.70. The molecule has 0 saturated heterocycles. The molecular formula is C20H31N5O2. The van der Waals surface area contributed by atoms with Gasteiger partial charge in [-0.3, -0.25) is 4.68 Å². The van der Waals surface area contributed by atoms with Crippen LogP contribution in [0.3, 0.4) is 0 Å². The molecule has 0 atom stereocenters. The van der Waals surface area contributed by atoms with Gasteiger partial charge in [-0.1, -0.05) is 6.07 Å². The zero-order chi connectivity index (χ0) is 19.5. The van der Waals surface area contributed by atoms with Gasteiger partial charge in [0.05, 0.1) is 26.5 Å². The molecule has 0 fully saturated rings. The average Bonchev–Trinajstić information content (AvgIpc) is 3.09. The van der Waals surface area contributed by atoms with Gasteiger partial charge in [0.25, 0.3) is 0 Å². The van der Waals surface area contributed by atoms with Crippen molar-refractivity contribution >= 4 is 5.96 Å². The monoisotopic (exact) mass is 373 g/mol. The number of aliphatic imine (C=N–C) groups is 1. The fraction of sp³-hybridized carbons (Fsp3) is 0.500. The minimum atomic E-state index is 0.610. The third kappa shape index (κ3) is 6.84. The fourth-order valence-electron chi connectivity index (χ4n) is 2.71. The summed E-state index contributed by atoms with van der Waals surface area (Å²) in [5.41, 5.74) is 2.33. The van der Waals surface area contributed by atoms with Gasteiger partial charge in [-0.15, -0.1) is 0 Å². The van der Waals surface area contributed by atoms with Crippen LogP contribution in [0, 0.1) is 0 Å². The molecule has 0 aliphatic carbocycles. The maximum atomic E-state index is 5.64. The molecule has 27 heavy (non-hydrogen) atoms.